The highest BCUT2D eigenvalue weighted by Gasteiger charge is 2.31. The molecule has 0 radical (unpaired) electrons. The third-order valence-electron chi connectivity index (χ3n) is 3.80. The van der Waals surface area contributed by atoms with E-state index in [9.17, 15) is 9.59 Å². The standard InChI is InChI=1S/C16H25N3O3/c1-5-11-6-7-12(22-11)14(16(2,3)4)18-10-13(20)19-9-8-17-15(19)21/h6-7,14,18H,5,8-10H2,1-4H3,(H,17,21). The van der Waals surface area contributed by atoms with Crippen LogP contribution < -0.4 is 10.6 Å². The zero-order valence-electron chi connectivity index (χ0n) is 13.7. The predicted molar refractivity (Wildman–Crippen MR) is 83.4 cm³/mol. The first-order chi connectivity index (χ1) is 10.3. The summed E-state index contributed by atoms with van der Waals surface area (Å²) < 4.78 is 5.83. The van der Waals surface area contributed by atoms with Gasteiger partial charge in [0, 0.05) is 19.5 Å². The van der Waals surface area contributed by atoms with Gasteiger partial charge in [-0.05, 0) is 17.5 Å². The van der Waals surface area contributed by atoms with E-state index in [-0.39, 0.29) is 29.9 Å². The summed E-state index contributed by atoms with van der Waals surface area (Å²) >= 11 is 0. The smallest absolute Gasteiger partial charge is 0.324 e. The molecule has 1 aromatic heterocycles. The second-order valence-corrected chi connectivity index (χ2v) is 6.61. The van der Waals surface area contributed by atoms with Gasteiger partial charge in [0.1, 0.15) is 11.5 Å². The Labute approximate surface area is 131 Å². The Morgan fingerprint density at radius 3 is 2.68 bits per heavy atom. The van der Waals surface area contributed by atoms with Crippen LogP contribution in [0.3, 0.4) is 0 Å². The molecular formula is C16H25N3O3. The van der Waals surface area contributed by atoms with E-state index < -0.39 is 0 Å². The van der Waals surface area contributed by atoms with Gasteiger partial charge in [0.15, 0.2) is 0 Å². The number of urea groups is 1. The van der Waals surface area contributed by atoms with Gasteiger partial charge in [0.2, 0.25) is 5.91 Å². The van der Waals surface area contributed by atoms with Crippen LogP contribution in [0.4, 0.5) is 4.79 Å². The lowest BCUT2D eigenvalue weighted by atomic mass is 9.85. The second-order valence-electron chi connectivity index (χ2n) is 6.61. The summed E-state index contributed by atoms with van der Waals surface area (Å²) in [5, 5.41) is 5.88. The lowest BCUT2D eigenvalue weighted by Gasteiger charge is -2.30. The molecule has 2 heterocycles. The van der Waals surface area contributed by atoms with Gasteiger partial charge in [0.25, 0.3) is 0 Å². The molecule has 1 aliphatic heterocycles. The summed E-state index contributed by atoms with van der Waals surface area (Å²) in [5.41, 5.74) is -0.115. The Kier molecular flexibility index (Phi) is 4.90. The maximum absolute atomic E-state index is 12.2. The third-order valence-corrected chi connectivity index (χ3v) is 3.80. The number of amides is 3. The van der Waals surface area contributed by atoms with Crippen molar-refractivity contribution in [3.8, 4) is 0 Å². The molecule has 0 aromatic carbocycles. The summed E-state index contributed by atoms with van der Waals surface area (Å²) in [5.74, 6) is 1.53. The van der Waals surface area contributed by atoms with Crippen LogP contribution in [0, 0.1) is 5.41 Å². The molecule has 122 valence electrons. The molecule has 2 rings (SSSR count). The first-order valence-electron chi connectivity index (χ1n) is 7.73. The van der Waals surface area contributed by atoms with Crippen molar-refractivity contribution in [2.24, 2.45) is 5.41 Å². The summed E-state index contributed by atoms with van der Waals surface area (Å²) in [4.78, 5) is 24.9. The van der Waals surface area contributed by atoms with Crippen LogP contribution in [0.25, 0.3) is 0 Å². The highest BCUT2D eigenvalue weighted by atomic mass is 16.3. The molecule has 0 saturated carbocycles. The molecule has 1 aromatic rings. The number of rotatable bonds is 5. The molecule has 1 aliphatic rings. The Hall–Kier alpha value is -1.82. The van der Waals surface area contributed by atoms with Crippen LogP contribution in [-0.2, 0) is 11.2 Å². The molecule has 1 atom stereocenters. The van der Waals surface area contributed by atoms with Gasteiger partial charge in [-0.25, -0.2) is 4.79 Å². The zero-order chi connectivity index (χ0) is 16.3. The van der Waals surface area contributed by atoms with E-state index in [4.69, 9.17) is 4.42 Å². The van der Waals surface area contributed by atoms with Crippen LogP contribution in [0.1, 0.15) is 45.3 Å². The number of hydrogen-bond acceptors (Lipinski definition) is 4. The lowest BCUT2D eigenvalue weighted by Crippen LogP contribution is -2.43. The van der Waals surface area contributed by atoms with Crippen molar-refractivity contribution in [3.05, 3.63) is 23.7 Å². The van der Waals surface area contributed by atoms with E-state index in [1.165, 1.54) is 4.90 Å². The molecule has 6 heteroatoms. The van der Waals surface area contributed by atoms with Crippen molar-refractivity contribution >= 4 is 11.9 Å². The number of imide groups is 1. The zero-order valence-corrected chi connectivity index (χ0v) is 13.7. The lowest BCUT2D eigenvalue weighted by molar-refractivity contribution is -0.126. The van der Waals surface area contributed by atoms with Gasteiger partial charge < -0.3 is 9.73 Å². The second kappa shape index (κ2) is 6.52. The van der Waals surface area contributed by atoms with Crippen molar-refractivity contribution in [1.82, 2.24) is 15.5 Å². The minimum absolute atomic E-state index is 0.0950. The van der Waals surface area contributed by atoms with E-state index in [2.05, 4.69) is 31.4 Å². The van der Waals surface area contributed by atoms with Crippen LogP contribution in [0.2, 0.25) is 0 Å². The average Bonchev–Trinajstić information content (AvgIpc) is 3.06. The van der Waals surface area contributed by atoms with Crippen molar-refractivity contribution < 1.29 is 14.0 Å². The molecule has 3 amide bonds. The fourth-order valence-electron chi connectivity index (χ4n) is 2.57. The Balaban J connectivity index is 2.04. The van der Waals surface area contributed by atoms with Crippen molar-refractivity contribution in [2.45, 2.75) is 40.2 Å². The first-order valence-corrected chi connectivity index (χ1v) is 7.73. The molecular weight excluding hydrogens is 282 g/mol. The van der Waals surface area contributed by atoms with E-state index in [1.807, 2.05) is 19.1 Å². The molecule has 0 aliphatic carbocycles. The number of furan rings is 1. The molecule has 0 spiro atoms. The molecule has 1 fully saturated rings. The van der Waals surface area contributed by atoms with E-state index in [1.54, 1.807) is 0 Å². The van der Waals surface area contributed by atoms with Gasteiger partial charge in [-0.1, -0.05) is 27.7 Å². The van der Waals surface area contributed by atoms with E-state index >= 15 is 0 Å². The molecule has 6 nitrogen and oxygen atoms in total. The normalized spacial score (nSPS) is 16.7. The number of aryl methyl sites for hydroxylation is 1. The topological polar surface area (TPSA) is 74.6 Å². The Morgan fingerprint density at radius 1 is 1.45 bits per heavy atom. The SMILES string of the molecule is CCc1ccc(C(NCC(=O)N2CCNC2=O)C(C)(C)C)o1. The average molecular weight is 307 g/mol. The summed E-state index contributed by atoms with van der Waals surface area (Å²) in [7, 11) is 0. The number of carbonyl (C=O) groups is 2. The van der Waals surface area contributed by atoms with Gasteiger partial charge in [-0.3, -0.25) is 15.0 Å². The molecule has 2 N–H and O–H groups in total. The van der Waals surface area contributed by atoms with Crippen LogP contribution in [0.5, 0.6) is 0 Å². The predicted octanol–water partition coefficient (Wildman–Crippen LogP) is 2.07. The minimum atomic E-state index is -0.314. The third kappa shape index (κ3) is 3.68. The largest absolute Gasteiger partial charge is 0.464 e. The maximum atomic E-state index is 12.2. The van der Waals surface area contributed by atoms with E-state index in [0.29, 0.717) is 13.1 Å². The fraction of sp³-hybridized carbons (Fsp3) is 0.625. The molecule has 1 saturated heterocycles. The van der Waals surface area contributed by atoms with Crippen molar-refractivity contribution in [2.75, 3.05) is 19.6 Å². The van der Waals surface area contributed by atoms with Crippen LogP contribution >= 0.6 is 0 Å². The highest BCUT2D eigenvalue weighted by Crippen LogP contribution is 2.33. The van der Waals surface area contributed by atoms with Crippen LogP contribution in [0.15, 0.2) is 16.5 Å². The molecule has 22 heavy (non-hydrogen) atoms. The van der Waals surface area contributed by atoms with Gasteiger partial charge >= 0.3 is 6.03 Å². The van der Waals surface area contributed by atoms with Crippen molar-refractivity contribution in [3.63, 3.8) is 0 Å². The first kappa shape index (κ1) is 16.5. The Morgan fingerprint density at radius 2 is 2.18 bits per heavy atom. The molecule has 0 bridgehead atoms. The van der Waals surface area contributed by atoms with Gasteiger partial charge in [-0.15, -0.1) is 0 Å². The number of nitrogens with zero attached hydrogens (tertiary/aromatic N) is 1. The molecule has 1 unspecified atom stereocenters. The van der Waals surface area contributed by atoms with Gasteiger partial charge in [-0.2, -0.15) is 0 Å². The quantitative estimate of drug-likeness (QED) is 0.873. The summed E-state index contributed by atoms with van der Waals surface area (Å²) in [6, 6.07) is 3.51. The number of carbonyl (C=O) groups excluding carboxylic acids is 2. The van der Waals surface area contributed by atoms with Gasteiger partial charge in [0.05, 0.1) is 12.6 Å². The number of nitrogens with one attached hydrogen (secondary N) is 2. The Bertz CT molecular complexity index is 545. The summed E-state index contributed by atoms with van der Waals surface area (Å²) in [6.07, 6.45) is 0.837. The maximum Gasteiger partial charge on any atom is 0.324 e. The van der Waals surface area contributed by atoms with E-state index in [0.717, 1.165) is 17.9 Å². The number of hydrogen-bond donors (Lipinski definition) is 2. The fourth-order valence-corrected chi connectivity index (χ4v) is 2.57. The van der Waals surface area contributed by atoms with Crippen LogP contribution in [-0.4, -0.2) is 36.5 Å². The summed E-state index contributed by atoms with van der Waals surface area (Å²) in [6.45, 7) is 9.37. The monoisotopic (exact) mass is 307 g/mol. The highest BCUT2D eigenvalue weighted by molar-refractivity contribution is 5.96. The minimum Gasteiger partial charge on any atom is -0.464 e. The van der Waals surface area contributed by atoms with Crippen molar-refractivity contribution in [1.29, 1.82) is 0 Å².